The van der Waals surface area contributed by atoms with Crippen molar-refractivity contribution in [2.24, 2.45) is 0 Å². The largest absolute Gasteiger partial charge is 0.493 e. The van der Waals surface area contributed by atoms with Crippen LogP contribution in [0.5, 0.6) is 11.5 Å². The first-order valence-corrected chi connectivity index (χ1v) is 6.34. The van der Waals surface area contributed by atoms with Gasteiger partial charge in [0.15, 0.2) is 0 Å². The summed E-state index contributed by atoms with van der Waals surface area (Å²) in [6, 6.07) is 16.3. The van der Waals surface area contributed by atoms with Gasteiger partial charge in [0.2, 0.25) is 0 Å². The maximum Gasteiger partial charge on any atom is 0.126 e. The second kappa shape index (κ2) is 5.13. The molecule has 0 spiro atoms. The van der Waals surface area contributed by atoms with Crippen molar-refractivity contribution in [3.05, 3.63) is 59.7 Å². The molecule has 0 unspecified atom stereocenters. The third-order valence-electron chi connectivity index (χ3n) is 3.13. The highest BCUT2D eigenvalue weighted by Crippen LogP contribution is 2.29. The van der Waals surface area contributed by atoms with Gasteiger partial charge in [-0.3, -0.25) is 0 Å². The molecule has 0 saturated heterocycles. The van der Waals surface area contributed by atoms with Crippen molar-refractivity contribution < 1.29 is 9.47 Å². The third-order valence-corrected chi connectivity index (χ3v) is 3.13. The van der Waals surface area contributed by atoms with Gasteiger partial charge >= 0.3 is 0 Å². The van der Waals surface area contributed by atoms with Crippen molar-refractivity contribution >= 4 is 0 Å². The lowest BCUT2D eigenvalue weighted by Gasteiger charge is -2.18. The quantitative estimate of drug-likeness (QED) is 0.816. The Hall–Kier alpha value is -1.96. The molecular formula is C16H16O2. The number of hydrogen-bond acceptors (Lipinski definition) is 2. The van der Waals surface area contributed by atoms with E-state index in [4.69, 9.17) is 9.47 Å². The molecule has 0 radical (unpaired) electrons. The summed E-state index contributed by atoms with van der Waals surface area (Å²) in [5, 5.41) is 0. The average molecular weight is 240 g/mol. The monoisotopic (exact) mass is 240 g/mol. The molecule has 0 N–H and O–H groups in total. The molecule has 2 aromatic rings. The van der Waals surface area contributed by atoms with E-state index >= 15 is 0 Å². The highest BCUT2D eigenvalue weighted by atomic mass is 16.5. The molecule has 3 rings (SSSR count). The van der Waals surface area contributed by atoms with Crippen LogP contribution in [0.3, 0.4) is 0 Å². The summed E-state index contributed by atoms with van der Waals surface area (Å²) in [5.74, 6) is 1.85. The van der Waals surface area contributed by atoms with Crippen LogP contribution in [-0.4, -0.2) is 6.61 Å². The molecule has 2 nitrogen and oxygen atoms in total. The van der Waals surface area contributed by atoms with E-state index in [1.165, 1.54) is 11.1 Å². The lowest BCUT2D eigenvalue weighted by atomic mass is 10.1. The fourth-order valence-electron chi connectivity index (χ4n) is 2.15. The molecule has 0 fully saturated rings. The lowest BCUT2D eigenvalue weighted by Crippen LogP contribution is -2.08. The Labute approximate surface area is 107 Å². The predicted molar refractivity (Wildman–Crippen MR) is 71.0 cm³/mol. The first-order valence-electron chi connectivity index (χ1n) is 6.34. The zero-order valence-electron chi connectivity index (χ0n) is 10.3. The van der Waals surface area contributed by atoms with Crippen LogP contribution < -0.4 is 9.47 Å². The van der Waals surface area contributed by atoms with Crippen molar-refractivity contribution in [1.82, 2.24) is 0 Å². The van der Waals surface area contributed by atoms with Gasteiger partial charge < -0.3 is 9.47 Å². The maximum absolute atomic E-state index is 5.78. The molecule has 0 saturated carbocycles. The molecular weight excluding hydrogens is 224 g/mol. The SMILES string of the molecule is c1ccc(COc2ccc3c(c2)OCCC3)cc1. The van der Waals surface area contributed by atoms with Gasteiger partial charge in [-0.05, 0) is 30.0 Å². The van der Waals surface area contributed by atoms with E-state index in [0.29, 0.717) is 6.61 Å². The van der Waals surface area contributed by atoms with E-state index in [2.05, 4.69) is 18.2 Å². The minimum Gasteiger partial charge on any atom is -0.493 e. The van der Waals surface area contributed by atoms with Crippen LogP contribution in [0.4, 0.5) is 0 Å². The molecule has 2 aromatic carbocycles. The number of benzene rings is 2. The first kappa shape index (κ1) is 11.1. The van der Waals surface area contributed by atoms with E-state index < -0.39 is 0 Å². The molecule has 0 aromatic heterocycles. The fourth-order valence-corrected chi connectivity index (χ4v) is 2.15. The molecule has 92 valence electrons. The van der Waals surface area contributed by atoms with Gasteiger partial charge in [0.05, 0.1) is 6.61 Å². The van der Waals surface area contributed by atoms with E-state index in [1.54, 1.807) is 0 Å². The molecule has 0 bridgehead atoms. The Morgan fingerprint density at radius 3 is 2.83 bits per heavy atom. The smallest absolute Gasteiger partial charge is 0.126 e. The van der Waals surface area contributed by atoms with Gasteiger partial charge in [0, 0.05) is 6.07 Å². The normalized spacial score (nSPS) is 13.6. The minimum atomic E-state index is 0.597. The van der Waals surface area contributed by atoms with Gasteiger partial charge in [0.1, 0.15) is 18.1 Å². The first-order chi connectivity index (χ1) is 8.92. The summed E-state index contributed by atoms with van der Waals surface area (Å²) in [6.45, 7) is 1.41. The maximum atomic E-state index is 5.78. The Bertz CT molecular complexity index is 520. The number of fused-ring (bicyclic) bond motifs is 1. The van der Waals surface area contributed by atoms with Crippen LogP contribution >= 0.6 is 0 Å². The van der Waals surface area contributed by atoms with Crippen LogP contribution in [0, 0.1) is 0 Å². The standard InChI is InChI=1S/C16H16O2/c1-2-5-13(6-3-1)12-18-15-9-8-14-7-4-10-17-16(14)11-15/h1-3,5-6,8-9,11H,4,7,10,12H2. The fraction of sp³-hybridized carbons (Fsp3) is 0.250. The molecule has 0 amide bonds. The van der Waals surface area contributed by atoms with Crippen molar-refractivity contribution in [2.45, 2.75) is 19.4 Å². The highest BCUT2D eigenvalue weighted by molar-refractivity contribution is 5.41. The predicted octanol–water partition coefficient (Wildman–Crippen LogP) is 3.59. The summed E-state index contributed by atoms with van der Waals surface area (Å²) in [5.41, 5.74) is 2.46. The van der Waals surface area contributed by atoms with Crippen molar-refractivity contribution in [2.75, 3.05) is 6.61 Å². The van der Waals surface area contributed by atoms with E-state index in [1.807, 2.05) is 30.3 Å². The zero-order valence-corrected chi connectivity index (χ0v) is 10.3. The van der Waals surface area contributed by atoms with Gasteiger partial charge in [-0.15, -0.1) is 0 Å². The number of hydrogen-bond donors (Lipinski definition) is 0. The van der Waals surface area contributed by atoms with Crippen LogP contribution in [0.1, 0.15) is 17.5 Å². The summed E-state index contributed by atoms with van der Waals surface area (Å²) in [7, 11) is 0. The molecule has 1 aliphatic rings. The highest BCUT2D eigenvalue weighted by Gasteiger charge is 2.10. The summed E-state index contributed by atoms with van der Waals surface area (Å²) in [4.78, 5) is 0. The molecule has 18 heavy (non-hydrogen) atoms. The summed E-state index contributed by atoms with van der Waals surface area (Å²) >= 11 is 0. The number of rotatable bonds is 3. The summed E-state index contributed by atoms with van der Waals surface area (Å²) < 4.78 is 11.4. The third kappa shape index (κ3) is 2.48. The molecule has 0 atom stereocenters. The Balaban J connectivity index is 1.70. The lowest BCUT2D eigenvalue weighted by molar-refractivity contribution is 0.278. The van der Waals surface area contributed by atoms with Crippen LogP contribution in [0.25, 0.3) is 0 Å². The second-order valence-electron chi connectivity index (χ2n) is 4.50. The Morgan fingerprint density at radius 1 is 1.06 bits per heavy atom. The molecule has 1 aliphatic heterocycles. The van der Waals surface area contributed by atoms with Crippen molar-refractivity contribution in [1.29, 1.82) is 0 Å². The van der Waals surface area contributed by atoms with E-state index in [-0.39, 0.29) is 0 Å². The van der Waals surface area contributed by atoms with Gasteiger partial charge in [-0.1, -0.05) is 36.4 Å². The van der Waals surface area contributed by atoms with Crippen molar-refractivity contribution in [3.8, 4) is 11.5 Å². The molecule has 0 aliphatic carbocycles. The average Bonchev–Trinajstić information content (AvgIpc) is 2.46. The van der Waals surface area contributed by atoms with Crippen LogP contribution in [0.15, 0.2) is 48.5 Å². The van der Waals surface area contributed by atoms with Crippen molar-refractivity contribution in [3.63, 3.8) is 0 Å². The molecule has 2 heteroatoms. The van der Waals surface area contributed by atoms with Gasteiger partial charge in [-0.2, -0.15) is 0 Å². The summed E-state index contributed by atoms with van der Waals surface area (Å²) in [6.07, 6.45) is 2.21. The van der Waals surface area contributed by atoms with E-state index in [0.717, 1.165) is 30.9 Å². The number of aryl methyl sites for hydroxylation is 1. The number of ether oxygens (including phenoxy) is 2. The van der Waals surface area contributed by atoms with Crippen LogP contribution in [0.2, 0.25) is 0 Å². The Morgan fingerprint density at radius 2 is 1.94 bits per heavy atom. The van der Waals surface area contributed by atoms with Gasteiger partial charge in [-0.25, -0.2) is 0 Å². The zero-order chi connectivity index (χ0) is 12.2. The molecule has 1 heterocycles. The van der Waals surface area contributed by atoms with E-state index in [9.17, 15) is 0 Å². The van der Waals surface area contributed by atoms with Gasteiger partial charge in [0.25, 0.3) is 0 Å². The Kier molecular flexibility index (Phi) is 3.18. The topological polar surface area (TPSA) is 18.5 Å². The second-order valence-corrected chi connectivity index (χ2v) is 4.50. The van der Waals surface area contributed by atoms with Crippen LogP contribution in [-0.2, 0) is 13.0 Å². The minimum absolute atomic E-state index is 0.597.